The van der Waals surface area contributed by atoms with Crippen LogP contribution in [-0.4, -0.2) is 31.8 Å². The summed E-state index contributed by atoms with van der Waals surface area (Å²) < 4.78 is 34.5. The summed E-state index contributed by atoms with van der Waals surface area (Å²) in [6.45, 7) is 2.40. The first-order valence-corrected chi connectivity index (χ1v) is 7.05. The molecule has 0 radical (unpaired) electrons. The Hall–Kier alpha value is -1.89. The Kier molecular flexibility index (Phi) is 3.67. The predicted molar refractivity (Wildman–Crippen MR) is 70.7 cm³/mol. The fourth-order valence-electron chi connectivity index (χ4n) is 2.69. The minimum absolute atomic E-state index is 0.0281. The second kappa shape index (κ2) is 5.48. The number of amides is 1. The highest BCUT2D eigenvalue weighted by molar-refractivity contribution is 5.91. The molecule has 5 nitrogen and oxygen atoms in total. The monoisotopic (exact) mass is 299 g/mol. The number of anilines is 1. The number of piperidine rings is 1. The van der Waals surface area contributed by atoms with E-state index < -0.39 is 6.29 Å². The van der Waals surface area contributed by atoms with Gasteiger partial charge in [0.05, 0.1) is 13.1 Å². The maximum Gasteiger partial charge on any atom is 0.586 e. The zero-order valence-electron chi connectivity index (χ0n) is 11.5. The molecule has 0 atom stereocenters. The summed E-state index contributed by atoms with van der Waals surface area (Å²) in [6.07, 6.45) is -0.131. The number of nitrogens with one attached hydrogen (secondary N) is 2. The largest absolute Gasteiger partial charge is 0.586 e. The molecule has 1 saturated heterocycles. The van der Waals surface area contributed by atoms with Crippen molar-refractivity contribution in [1.29, 1.82) is 0 Å². The second-order valence-electron chi connectivity index (χ2n) is 5.36. The predicted octanol–water partition coefficient (Wildman–Crippen LogP) is 1.02. The number of fused-ring (bicyclic) bond motifs is 1. The van der Waals surface area contributed by atoms with Gasteiger partial charge in [-0.25, -0.2) is 0 Å². The number of rotatable bonds is 3. The highest BCUT2D eigenvalue weighted by atomic mass is 19.3. The zero-order valence-corrected chi connectivity index (χ0v) is 11.5. The number of benzene rings is 1. The number of alkyl halides is 2. The van der Waals surface area contributed by atoms with Crippen LogP contribution in [0.5, 0.6) is 11.5 Å². The summed E-state index contributed by atoms with van der Waals surface area (Å²) >= 11 is 0. The first kappa shape index (κ1) is 14.1. The van der Waals surface area contributed by atoms with Gasteiger partial charge in [-0.05, 0) is 31.4 Å². The lowest BCUT2D eigenvalue weighted by atomic mass is 10.1. The first-order valence-electron chi connectivity index (χ1n) is 7.05. The number of quaternary nitrogens is 1. The van der Waals surface area contributed by atoms with Crippen LogP contribution in [0.2, 0.25) is 0 Å². The number of hydrogen-bond acceptors (Lipinski definition) is 3. The van der Waals surface area contributed by atoms with Crippen molar-refractivity contribution in [3.63, 3.8) is 0 Å². The molecule has 21 heavy (non-hydrogen) atoms. The quantitative estimate of drug-likeness (QED) is 0.876. The third-order valence-corrected chi connectivity index (χ3v) is 3.66. The van der Waals surface area contributed by atoms with Gasteiger partial charge in [-0.2, -0.15) is 0 Å². The lowest BCUT2D eigenvalue weighted by molar-refractivity contribution is -0.896. The van der Waals surface area contributed by atoms with Gasteiger partial charge in [0.25, 0.3) is 5.91 Å². The molecule has 114 valence electrons. The molecule has 1 aromatic carbocycles. The Labute approximate surface area is 120 Å². The summed E-state index contributed by atoms with van der Waals surface area (Å²) in [5.41, 5.74) is 0.427. The molecule has 0 aromatic heterocycles. The maximum atomic E-state index is 12.9. The summed E-state index contributed by atoms with van der Waals surface area (Å²) in [5, 5.41) is 2.71. The smallest absolute Gasteiger partial charge is 0.395 e. The average molecular weight is 299 g/mol. The SMILES string of the molecule is O=C(C[NH+]1CCCCC1)Nc1ccc2c(c1)OC(F)(F)O2. The van der Waals surface area contributed by atoms with Crippen LogP contribution in [0.3, 0.4) is 0 Å². The van der Waals surface area contributed by atoms with Crippen LogP contribution in [0.4, 0.5) is 14.5 Å². The maximum absolute atomic E-state index is 12.9. The molecular formula is C14H17F2N2O3+. The Balaban J connectivity index is 1.59. The minimum Gasteiger partial charge on any atom is -0.395 e. The van der Waals surface area contributed by atoms with Gasteiger partial charge in [-0.3, -0.25) is 4.79 Å². The summed E-state index contributed by atoms with van der Waals surface area (Å²) in [7, 11) is 0. The lowest BCUT2D eigenvalue weighted by Crippen LogP contribution is -3.13. The van der Waals surface area contributed by atoms with E-state index in [2.05, 4.69) is 14.8 Å². The van der Waals surface area contributed by atoms with Crippen LogP contribution in [0, 0.1) is 0 Å². The number of hydrogen-bond donors (Lipinski definition) is 2. The van der Waals surface area contributed by atoms with Gasteiger partial charge in [0.2, 0.25) is 0 Å². The topological polar surface area (TPSA) is 52.0 Å². The number of ether oxygens (including phenoxy) is 2. The van der Waals surface area contributed by atoms with Crippen molar-refractivity contribution in [2.75, 3.05) is 25.0 Å². The van der Waals surface area contributed by atoms with Crippen LogP contribution in [0.15, 0.2) is 18.2 Å². The molecule has 7 heteroatoms. The van der Waals surface area contributed by atoms with Gasteiger partial charge in [0.1, 0.15) is 0 Å². The fourth-order valence-corrected chi connectivity index (χ4v) is 2.69. The lowest BCUT2D eigenvalue weighted by Gasteiger charge is -2.22. The molecule has 2 heterocycles. The molecule has 2 N–H and O–H groups in total. The summed E-state index contributed by atoms with van der Waals surface area (Å²) in [6, 6.07) is 4.23. The Bertz CT molecular complexity index is 545. The molecule has 2 aliphatic rings. The zero-order chi connectivity index (χ0) is 14.9. The van der Waals surface area contributed by atoms with E-state index >= 15 is 0 Å². The van der Waals surface area contributed by atoms with Crippen molar-refractivity contribution in [2.45, 2.75) is 25.6 Å². The van der Waals surface area contributed by atoms with E-state index in [1.165, 1.54) is 29.5 Å². The van der Waals surface area contributed by atoms with Crippen LogP contribution in [0.25, 0.3) is 0 Å². The molecule has 0 aliphatic carbocycles. The number of likely N-dealkylation sites (tertiary alicyclic amines) is 1. The molecule has 1 amide bonds. The fraction of sp³-hybridized carbons (Fsp3) is 0.500. The molecular weight excluding hydrogens is 282 g/mol. The van der Waals surface area contributed by atoms with Crippen LogP contribution in [-0.2, 0) is 4.79 Å². The van der Waals surface area contributed by atoms with Crippen LogP contribution < -0.4 is 19.7 Å². The van der Waals surface area contributed by atoms with Gasteiger partial charge in [-0.1, -0.05) is 0 Å². The highest BCUT2D eigenvalue weighted by Gasteiger charge is 2.43. The normalized spacial score (nSPS) is 20.3. The van der Waals surface area contributed by atoms with Gasteiger partial charge in [0.15, 0.2) is 18.0 Å². The molecule has 1 aromatic rings. The molecule has 0 saturated carbocycles. The van der Waals surface area contributed by atoms with Gasteiger partial charge in [-0.15, -0.1) is 8.78 Å². The van der Waals surface area contributed by atoms with E-state index in [4.69, 9.17) is 0 Å². The van der Waals surface area contributed by atoms with E-state index in [9.17, 15) is 13.6 Å². The number of halogens is 2. The van der Waals surface area contributed by atoms with Crippen LogP contribution >= 0.6 is 0 Å². The van der Waals surface area contributed by atoms with Crippen molar-refractivity contribution in [3.05, 3.63) is 18.2 Å². The van der Waals surface area contributed by atoms with Crippen molar-refractivity contribution in [2.24, 2.45) is 0 Å². The second-order valence-corrected chi connectivity index (χ2v) is 5.36. The number of carbonyl (C=O) groups excluding carboxylic acids is 1. The Morgan fingerprint density at radius 2 is 1.90 bits per heavy atom. The van der Waals surface area contributed by atoms with E-state index in [1.807, 2.05) is 0 Å². The van der Waals surface area contributed by atoms with E-state index in [0.717, 1.165) is 25.9 Å². The summed E-state index contributed by atoms with van der Waals surface area (Å²) in [4.78, 5) is 13.2. The van der Waals surface area contributed by atoms with E-state index in [-0.39, 0.29) is 17.4 Å². The molecule has 1 fully saturated rings. The third kappa shape index (κ3) is 3.41. The average Bonchev–Trinajstić information content (AvgIpc) is 2.73. The van der Waals surface area contributed by atoms with Crippen molar-refractivity contribution < 1.29 is 27.9 Å². The van der Waals surface area contributed by atoms with Crippen LogP contribution in [0.1, 0.15) is 19.3 Å². The van der Waals surface area contributed by atoms with E-state index in [0.29, 0.717) is 12.2 Å². The van der Waals surface area contributed by atoms with Crippen molar-refractivity contribution in [1.82, 2.24) is 0 Å². The van der Waals surface area contributed by atoms with Crippen molar-refractivity contribution >= 4 is 11.6 Å². The Morgan fingerprint density at radius 3 is 2.67 bits per heavy atom. The minimum atomic E-state index is -3.64. The van der Waals surface area contributed by atoms with E-state index in [1.54, 1.807) is 0 Å². The summed E-state index contributed by atoms with van der Waals surface area (Å²) in [5.74, 6) is -0.222. The molecule has 0 spiro atoms. The van der Waals surface area contributed by atoms with Gasteiger partial charge >= 0.3 is 6.29 Å². The van der Waals surface area contributed by atoms with Crippen molar-refractivity contribution in [3.8, 4) is 11.5 Å². The first-order chi connectivity index (χ1) is 10.0. The molecule has 3 rings (SSSR count). The molecule has 0 unspecified atom stereocenters. The molecule has 2 aliphatic heterocycles. The number of carbonyl (C=O) groups is 1. The third-order valence-electron chi connectivity index (χ3n) is 3.66. The van der Waals surface area contributed by atoms with Gasteiger partial charge < -0.3 is 19.7 Å². The van der Waals surface area contributed by atoms with Gasteiger partial charge in [0, 0.05) is 11.8 Å². The Morgan fingerprint density at radius 1 is 1.19 bits per heavy atom. The molecule has 0 bridgehead atoms. The standard InChI is InChI=1S/C14H16F2N2O3/c15-14(16)20-11-5-4-10(8-12(11)21-14)17-13(19)9-18-6-2-1-3-7-18/h4-5,8H,1-3,6-7,9H2,(H,17,19)/p+1. The highest BCUT2D eigenvalue weighted by Crippen LogP contribution is 2.42.